The van der Waals surface area contributed by atoms with E-state index in [1.54, 1.807) is 0 Å². The molecule has 0 radical (unpaired) electrons. The van der Waals surface area contributed by atoms with E-state index in [9.17, 15) is 17.6 Å². The molecule has 3 aromatic carbocycles. The van der Waals surface area contributed by atoms with Crippen molar-refractivity contribution in [3.63, 3.8) is 0 Å². The van der Waals surface area contributed by atoms with Crippen LogP contribution in [0.25, 0.3) is 11.1 Å². The van der Waals surface area contributed by atoms with E-state index >= 15 is 0 Å². The molecule has 39 heavy (non-hydrogen) atoms. The smallest absolute Gasteiger partial charge is 0.452 e. The summed E-state index contributed by atoms with van der Waals surface area (Å²) in [4.78, 5) is 0. The van der Waals surface area contributed by atoms with Crippen LogP contribution in [0.4, 0.5) is 17.6 Å². The van der Waals surface area contributed by atoms with Gasteiger partial charge in [0.1, 0.15) is 5.75 Å². The highest BCUT2D eigenvalue weighted by Crippen LogP contribution is 2.34. The molecule has 1 nitrogen and oxygen atoms in total. The number of rotatable bonds is 9. The summed E-state index contributed by atoms with van der Waals surface area (Å²) < 4.78 is 54.1. The minimum atomic E-state index is -5.06. The van der Waals surface area contributed by atoms with Gasteiger partial charge in [0, 0.05) is 11.1 Å². The molecule has 0 amide bonds. The maximum Gasteiger partial charge on any atom is 0.457 e. The predicted molar refractivity (Wildman–Crippen MR) is 149 cm³/mol. The van der Waals surface area contributed by atoms with Crippen molar-refractivity contribution in [2.75, 3.05) is 0 Å². The fourth-order valence-corrected chi connectivity index (χ4v) is 5.09. The minimum Gasteiger partial charge on any atom is -0.452 e. The highest BCUT2D eigenvalue weighted by Gasteiger charge is 2.42. The van der Waals surface area contributed by atoms with Gasteiger partial charge in [0.2, 0.25) is 0 Å². The van der Waals surface area contributed by atoms with Crippen molar-refractivity contribution < 1.29 is 22.3 Å². The zero-order valence-electron chi connectivity index (χ0n) is 22.0. The van der Waals surface area contributed by atoms with Crippen molar-refractivity contribution in [3.05, 3.63) is 102 Å². The molecule has 1 saturated carbocycles. The van der Waals surface area contributed by atoms with Crippen LogP contribution in [0.3, 0.4) is 0 Å². The largest absolute Gasteiger partial charge is 0.457 e. The molecule has 1 fully saturated rings. The lowest BCUT2D eigenvalue weighted by Gasteiger charge is -2.28. The van der Waals surface area contributed by atoms with Crippen LogP contribution in [0.1, 0.15) is 61.6 Å². The molecule has 204 valence electrons. The van der Waals surface area contributed by atoms with Gasteiger partial charge in [0.25, 0.3) is 0 Å². The Morgan fingerprint density at radius 1 is 0.769 bits per heavy atom. The van der Waals surface area contributed by atoms with Crippen LogP contribution in [-0.2, 0) is 6.42 Å². The van der Waals surface area contributed by atoms with Gasteiger partial charge >= 0.3 is 12.5 Å². The van der Waals surface area contributed by atoms with Crippen LogP contribution in [0.2, 0.25) is 0 Å². The molecule has 1 unspecified atom stereocenters. The zero-order chi connectivity index (χ0) is 27.7. The topological polar surface area (TPSA) is 9.23 Å². The Morgan fingerprint density at radius 3 is 1.77 bits per heavy atom. The Labute approximate surface area is 228 Å². The summed E-state index contributed by atoms with van der Waals surface area (Å²) in [6.45, 7) is 3.84. The Balaban J connectivity index is 1.26. The molecule has 0 spiro atoms. The number of hydrogen-bond acceptors (Lipinski definition) is 1. The van der Waals surface area contributed by atoms with E-state index in [0.29, 0.717) is 5.56 Å². The summed E-state index contributed by atoms with van der Waals surface area (Å²) >= 11 is 0. The number of aryl methyl sites for hydroxylation is 1. The summed E-state index contributed by atoms with van der Waals surface area (Å²) in [7, 11) is 0. The molecular weight excluding hydrogens is 500 g/mol. The quantitative estimate of drug-likeness (QED) is 0.151. The van der Waals surface area contributed by atoms with Gasteiger partial charge in [-0.3, -0.25) is 0 Å². The van der Waals surface area contributed by atoms with Crippen LogP contribution < -0.4 is 4.74 Å². The standard InChI is InChI=1S/C34H34F4O/c1-2-3-4-25-5-7-26(8-6-25)9-10-27-13-19-30(20-14-27)31-21-15-28(16-22-31)11-12-29-17-23-32(24-18-29)39-33(35)34(36,37)38/h2,13-26,33H,1,3-10H2. The molecule has 0 aliphatic heterocycles. The highest BCUT2D eigenvalue weighted by atomic mass is 19.4. The maximum atomic E-state index is 13.0. The van der Waals surface area contributed by atoms with E-state index in [0.717, 1.165) is 41.4 Å². The normalized spacial score (nSPS) is 18.1. The van der Waals surface area contributed by atoms with E-state index in [4.69, 9.17) is 0 Å². The van der Waals surface area contributed by atoms with Gasteiger partial charge in [0.05, 0.1) is 0 Å². The molecular formula is C34H34F4O. The van der Waals surface area contributed by atoms with Crippen molar-refractivity contribution in [2.45, 2.75) is 63.9 Å². The first kappa shape index (κ1) is 28.5. The molecule has 0 aromatic heterocycles. The number of ether oxygens (including phenoxy) is 1. The lowest BCUT2D eigenvalue weighted by atomic mass is 9.78. The highest BCUT2D eigenvalue weighted by molar-refractivity contribution is 5.64. The Hall–Kier alpha value is -3.52. The summed E-state index contributed by atoms with van der Waals surface area (Å²) in [5, 5.41) is 0. The number of halogens is 4. The monoisotopic (exact) mass is 534 g/mol. The second-order valence-corrected chi connectivity index (χ2v) is 10.3. The van der Waals surface area contributed by atoms with E-state index in [-0.39, 0.29) is 5.75 Å². The lowest BCUT2D eigenvalue weighted by molar-refractivity contribution is -0.236. The number of allylic oxidation sites excluding steroid dienone is 1. The Morgan fingerprint density at radius 2 is 1.26 bits per heavy atom. The predicted octanol–water partition coefficient (Wildman–Crippen LogP) is 9.70. The molecule has 0 N–H and O–H groups in total. The van der Waals surface area contributed by atoms with Crippen LogP contribution in [0.15, 0.2) is 85.5 Å². The van der Waals surface area contributed by atoms with Gasteiger partial charge in [-0.25, -0.2) is 0 Å². The SMILES string of the molecule is C=CCCC1CCC(CCc2ccc(-c3ccc(C#Cc4ccc(OC(F)C(F)(F)F)cc4)cc3)cc2)CC1. The molecule has 1 atom stereocenters. The molecule has 1 aliphatic rings. The molecule has 5 heteroatoms. The van der Waals surface area contributed by atoms with Crippen LogP contribution in [0, 0.1) is 23.7 Å². The van der Waals surface area contributed by atoms with Crippen LogP contribution in [-0.4, -0.2) is 12.5 Å². The zero-order valence-corrected chi connectivity index (χ0v) is 22.0. The van der Waals surface area contributed by atoms with Crippen molar-refractivity contribution in [3.8, 4) is 28.7 Å². The first-order chi connectivity index (χ1) is 18.8. The van der Waals surface area contributed by atoms with Gasteiger partial charge in [-0.15, -0.1) is 6.58 Å². The molecule has 0 bridgehead atoms. The lowest BCUT2D eigenvalue weighted by Crippen LogP contribution is -2.29. The van der Waals surface area contributed by atoms with Crippen molar-refractivity contribution in [2.24, 2.45) is 11.8 Å². The van der Waals surface area contributed by atoms with Crippen LogP contribution >= 0.6 is 0 Å². The van der Waals surface area contributed by atoms with E-state index in [1.807, 2.05) is 30.3 Å². The van der Waals surface area contributed by atoms with Crippen molar-refractivity contribution in [1.82, 2.24) is 0 Å². The van der Waals surface area contributed by atoms with Gasteiger partial charge in [-0.05, 0) is 90.6 Å². The number of alkyl halides is 4. The van der Waals surface area contributed by atoms with Crippen molar-refractivity contribution in [1.29, 1.82) is 0 Å². The van der Waals surface area contributed by atoms with Crippen molar-refractivity contribution >= 4 is 0 Å². The van der Waals surface area contributed by atoms with E-state index in [1.165, 1.54) is 68.4 Å². The summed E-state index contributed by atoms with van der Waals surface area (Å²) in [6.07, 6.45) is 3.91. The van der Waals surface area contributed by atoms with Gasteiger partial charge in [-0.2, -0.15) is 17.6 Å². The Kier molecular flexibility index (Phi) is 9.87. The summed E-state index contributed by atoms with van der Waals surface area (Å²) in [6, 6.07) is 22.3. The second kappa shape index (κ2) is 13.5. The molecule has 0 saturated heterocycles. The van der Waals surface area contributed by atoms with Gasteiger partial charge in [0.15, 0.2) is 0 Å². The Bertz CT molecular complexity index is 1240. The van der Waals surface area contributed by atoms with Crippen LogP contribution in [0.5, 0.6) is 5.75 Å². The average molecular weight is 535 g/mol. The fraction of sp³-hybridized carbons (Fsp3) is 0.353. The third-order valence-electron chi connectivity index (χ3n) is 7.46. The fourth-order valence-electron chi connectivity index (χ4n) is 5.09. The third kappa shape index (κ3) is 8.75. The first-order valence-electron chi connectivity index (χ1n) is 13.6. The minimum absolute atomic E-state index is 0.206. The summed E-state index contributed by atoms with van der Waals surface area (Å²) in [5.41, 5.74) is 5.05. The van der Waals surface area contributed by atoms with E-state index < -0.39 is 12.5 Å². The van der Waals surface area contributed by atoms with Gasteiger partial charge in [-0.1, -0.05) is 80.0 Å². The molecule has 0 heterocycles. The third-order valence-corrected chi connectivity index (χ3v) is 7.46. The van der Waals surface area contributed by atoms with E-state index in [2.05, 4.69) is 47.4 Å². The molecule has 3 aromatic rings. The second-order valence-electron chi connectivity index (χ2n) is 10.3. The first-order valence-corrected chi connectivity index (χ1v) is 13.6. The molecule has 1 aliphatic carbocycles. The average Bonchev–Trinajstić information content (AvgIpc) is 2.95. The number of hydrogen-bond donors (Lipinski definition) is 0. The maximum absolute atomic E-state index is 13.0. The molecule has 4 rings (SSSR count). The summed E-state index contributed by atoms with van der Waals surface area (Å²) in [5.74, 6) is 7.54. The number of benzene rings is 3. The van der Waals surface area contributed by atoms with Gasteiger partial charge < -0.3 is 4.74 Å².